The van der Waals surface area contributed by atoms with E-state index in [1.807, 2.05) is 42.5 Å². The number of hydrogen-bond acceptors (Lipinski definition) is 5. The van der Waals surface area contributed by atoms with Gasteiger partial charge in [0.1, 0.15) is 22.3 Å². The third-order valence-corrected chi connectivity index (χ3v) is 13.7. The normalized spacial score (nSPS) is 11.7. The third kappa shape index (κ3) is 6.59. The minimum Gasteiger partial charge on any atom is -0.456 e. The van der Waals surface area contributed by atoms with Crippen LogP contribution in [-0.4, -0.2) is 15.0 Å². The Bertz CT molecular complexity index is 4330. The molecule has 0 N–H and O–H groups in total. The fraction of sp³-hybridized carbons (Fsp3) is 0. The molecule has 0 bridgehead atoms. The molecule has 0 unspecified atom stereocenters. The Morgan fingerprint density at radius 1 is 0.286 bits per heavy atom. The number of furan rings is 2. The molecule has 0 fully saturated rings. The lowest BCUT2D eigenvalue weighted by Crippen LogP contribution is -1.96. The molecule has 326 valence electrons. The largest absolute Gasteiger partial charge is 0.456 e. The number of para-hydroxylation sites is 4. The predicted octanol–water partition coefficient (Wildman–Crippen LogP) is 17.6. The van der Waals surface area contributed by atoms with Crippen molar-refractivity contribution in [2.24, 2.45) is 0 Å². The van der Waals surface area contributed by atoms with E-state index >= 15 is 0 Å². The molecule has 14 rings (SSSR count). The Kier molecular flexibility index (Phi) is 9.14. The fourth-order valence-electron chi connectivity index (χ4n) is 10.4. The molecule has 14 aromatic rings. The van der Waals surface area contributed by atoms with Crippen molar-refractivity contribution in [3.05, 3.63) is 237 Å². The number of nitrogens with zero attached hydrogens (tertiary/aromatic N) is 3. The number of fused-ring (bicyclic) bond motifs is 9. The van der Waals surface area contributed by atoms with Crippen molar-refractivity contribution in [3.8, 4) is 78.5 Å². The number of rotatable bonds is 7. The van der Waals surface area contributed by atoms with Crippen LogP contribution in [0.4, 0.5) is 0 Å². The van der Waals surface area contributed by atoms with Gasteiger partial charge in [-0.25, -0.2) is 15.0 Å². The molecule has 5 nitrogen and oxygen atoms in total. The average Bonchev–Trinajstić information content (AvgIpc) is 4.01. The van der Waals surface area contributed by atoms with Crippen molar-refractivity contribution in [1.82, 2.24) is 15.0 Å². The summed E-state index contributed by atoms with van der Waals surface area (Å²) in [5.41, 5.74) is 17.6. The molecule has 4 heterocycles. The van der Waals surface area contributed by atoms with Gasteiger partial charge in [0.25, 0.3) is 0 Å². The van der Waals surface area contributed by atoms with Gasteiger partial charge in [0, 0.05) is 71.1 Å². The molecule has 4 aromatic heterocycles. The van der Waals surface area contributed by atoms with Gasteiger partial charge in [-0.1, -0.05) is 200 Å². The first-order valence-electron chi connectivity index (χ1n) is 23.6. The van der Waals surface area contributed by atoms with Crippen molar-refractivity contribution >= 4 is 65.6 Å². The molecule has 0 aliphatic carbocycles. The maximum absolute atomic E-state index is 6.67. The van der Waals surface area contributed by atoms with Crippen LogP contribution in [0.3, 0.4) is 0 Å². The third-order valence-electron chi connectivity index (χ3n) is 13.7. The Balaban J connectivity index is 0.872. The van der Waals surface area contributed by atoms with Gasteiger partial charge in [0.2, 0.25) is 0 Å². The fourth-order valence-corrected chi connectivity index (χ4v) is 10.4. The van der Waals surface area contributed by atoms with E-state index < -0.39 is 0 Å². The second-order valence-electron chi connectivity index (χ2n) is 17.8. The van der Waals surface area contributed by atoms with E-state index in [1.165, 1.54) is 0 Å². The summed E-state index contributed by atoms with van der Waals surface area (Å²) in [6, 6.07) is 82.6. The first kappa shape index (κ1) is 39.7. The van der Waals surface area contributed by atoms with Crippen LogP contribution in [-0.2, 0) is 0 Å². The molecule has 0 spiro atoms. The predicted molar refractivity (Wildman–Crippen MR) is 287 cm³/mol. The van der Waals surface area contributed by atoms with E-state index in [2.05, 4.69) is 194 Å². The number of pyridine rings is 1. The highest BCUT2D eigenvalue weighted by Crippen LogP contribution is 2.47. The van der Waals surface area contributed by atoms with E-state index in [0.29, 0.717) is 5.82 Å². The summed E-state index contributed by atoms with van der Waals surface area (Å²) in [7, 11) is 0. The van der Waals surface area contributed by atoms with Crippen LogP contribution in [0.25, 0.3) is 144 Å². The molecule has 70 heavy (non-hydrogen) atoms. The van der Waals surface area contributed by atoms with Gasteiger partial charge in [-0.2, -0.15) is 0 Å². The molecule has 0 aliphatic heterocycles. The van der Waals surface area contributed by atoms with Crippen LogP contribution < -0.4 is 0 Å². The van der Waals surface area contributed by atoms with E-state index in [-0.39, 0.29) is 0 Å². The zero-order chi connectivity index (χ0) is 46.1. The molecule has 0 aliphatic rings. The van der Waals surface area contributed by atoms with Gasteiger partial charge in [0.15, 0.2) is 5.82 Å². The zero-order valence-electron chi connectivity index (χ0n) is 37.7. The highest BCUT2D eigenvalue weighted by molar-refractivity contribution is 6.28. The minimum absolute atomic E-state index is 0.660. The topological polar surface area (TPSA) is 65.0 Å². The minimum atomic E-state index is 0.660. The van der Waals surface area contributed by atoms with E-state index in [9.17, 15) is 0 Å². The molecular formula is C65H39N3O2. The second-order valence-corrected chi connectivity index (χ2v) is 17.8. The van der Waals surface area contributed by atoms with Crippen LogP contribution in [0.15, 0.2) is 245 Å². The van der Waals surface area contributed by atoms with E-state index in [4.69, 9.17) is 23.8 Å². The monoisotopic (exact) mass is 893 g/mol. The van der Waals surface area contributed by atoms with Crippen molar-refractivity contribution in [1.29, 1.82) is 0 Å². The van der Waals surface area contributed by atoms with Gasteiger partial charge >= 0.3 is 0 Å². The molecule has 10 aromatic carbocycles. The van der Waals surface area contributed by atoms with Crippen LogP contribution in [0, 0.1) is 0 Å². The quantitative estimate of drug-likeness (QED) is 0.149. The maximum atomic E-state index is 6.67. The summed E-state index contributed by atoms with van der Waals surface area (Å²) in [6.07, 6.45) is 0. The highest BCUT2D eigenvalue weighted by atomic mass is 16.3. The standard InChI is InChI=1S/C65H39N3O2/c1-3-15-42(16-4-1)55-39-56(68-65(67-55)45-35-31-41(32-36-45)48-24-14-25-50-49-21-8-11-27-57(49)70-64(48)50)43-33-29-40(30-34-43)46-19-13-20-47(37-46)60-61-51-22-7-10-26-54(51)66-63(44-17-5-2-6-18-44)53(61)38-59-62(60)52-23-9-12-28-58(52)69-59/h1-39H. The molecule has 0 saturated heterocycles. The van der Waals surface area contributed by atoms with Crippen molar-refractivity contribution in [3.63, 3.8) is 0 Å². The van der Waals surface area contributed by atoms with Crippen LogP contribution in [0.2, 0.25) is 0 Å². The molecule has 5 heteroatoms. The molecular weight excluding hydrogens is 855 g/mol. The van der Waals surface area contributed by atoms with Crippen LogP contribution in [0.5, 0.6) is 0 Å². The molecule has 0 atom stereocenters. The van der Waals surface area contributed by atoms with Crippen molar-refractivity contribution in [2.45, 2.75) is 0 Å². The van der Waals surface area contributed by atoms with E-state index in [1.54, 1.807) is 0 Å². The Labute approximate surface area is 402 Å². The summed E-state index contributed by atoms with van der Waals surface area (Å²) in [5, 5.41) is 7.72. The summed E-state index contributed by atoms with van der Waals surface area (Å²) >= 11 is 0. The first-order chi connectivity index (χ1) is 34.7. The molecule has 0 radical (unpaired) electrons. The maximum Gasteiger partial charge on any atom is 0.160 e. The summed E-state index contributed by atoms with van der Waals surface area (Å²) < 4.78 is 13.1. The summed E-state index contributed by atoms with van der Waals surface area (Å²) in [5.74, 6) is 0.660. The molecule has 0 amide bonds. The lowest BCUT2D eigenvalue weighted by atomic mass is 9.88. The average molecular weight is 894 g/mol. The van der Waals surface area contributed by atoms with Crippen LogP contribution >= 0.6 is 0 Å². The SMILES string of the molecule is c1ccc(-c2cc(-c3ccc(-c4cccc(-c5c6c(cc7c(-c8ccccc8)nc8ccccc8c57)oc5ccccc56)c4)cc3)nc(-c3ccc(-c4cccc5c4oc4ccccc45)cc3)n2)cc1. The van der Waals surface area contributed by atoms with Crippen LogP contribution in [0.1, 0.15) is 0 Å². The Morgan fingerprint density at radius 3 is 1.61 bits per heavy atom. The smallest absolute Gasteiger partial charge is 0.160 e. The van der Waals surface area contributed by atoms with Gasteiger partial charge in [-0.15, -0.1) is 0 Å². The van der Waals surface area contributed by atoms with Gasteiger partial charge in [-0.05, 0) is 58.7 Å². The van der Waals surface area contributed by atoms with Gasteiger partial charge < -0.3 is 8.83 Å². The van der Waals surface area contributed by atoms with Crippen molar-refractivity contribution < 1.29 is 8.83 Å². The highest BCUT2D eigenvalue weighted by Gasteiger charge is 2.22. The van der Waals surface area contributed by atoms with Gasteiger partial charge in [-0.3, -0.25) is 0 Å². The lowest BCUT2D eigenvalue weighted by Gasteiger charge is -2.16. The summed E-state index contributed by atoms with van der Waals surface area (Å²) in [6.45, 7) is 0. The van der Waals surface area contributed by atoms with Gasteiger partial charge in [0.05, 0.1) is 22.6 Å². The Morgan fingerprint density at radius 2 is 0.843 bits per heavy atom. The zero-order valence-corrected chi connectivity index (χ0v) is 37.7. The van der Waals surface area contributed by atoms with Crippen molar-refractivity contribution in [2.75, 3.05) is 0 Å². The summed E-state index contributed by atoms with van der Waals surface area (Å²) in [4.78, 5) is 15.7. The Hall–Kier alpha value is -9.45. The number of aromatic nitrogens is 3. The lowest BCUT2D eigenvalue weighted by molar-refractivity contribution is 0.669. The van der Waals surface area contributed by atoms with E-state index in [0.717, 1.165) is 138 Å². The number of benzene rings is 10. The first-order valence-corrected chi connectivity index (χ1v) is 23.6. The molecule has 0 saturated carbocycles. The second kappa shape index (κ2) is 16.1. The number of hydrogen-bond donors (Lipinski definition) is 0.